The minimum absolute atomic E-state index is 0.383. The average molecular weight is 403 g/mol. The summed E-state index contributed by atoms with van der Waals surface area (Å²) in [5, 5.41) is 8.22. The molecule has 128 valence electrons. The first kappa shape index (κ1) is 19.0. The summed E-state index contributed by atoms with van der Waals surface area (Å²) >= 11 is 18.7. The van der Waals surface area contributed by atoms with E-state index in [1.165, 1.54) is 18.4 Å². The number of halogens is 2. The molecular weight excluding hydrogens is 387 g/mol. The third-order valence-corrected chi connectivity index (χ3v) is 5.55. The number of carbonyl (C=O) groups is 1. The van der Waals surface area contributed by atoms with Crippen LogP contribution in [0.25, 0.3) is 0 Å². The number of benzene rings is 1. The summed E-state index contributed by atoms with van der Waals surface area (Å²) in [5.41, 5.74) is 2.35. The first-order chi connectivity index (χ1) is 11.3. The lowest BCUT2D eigenvalue weighted by molar-refractivity contribution is 0.0601. The molecule has 2 N–H and O–H groups in total. The summed E-state index contributed by atoms with van der Waals surface area (Å²) in [5.74, 6) is -0.383. The van der Waals surface area contributed by atoms with E-state index >= 15 is 0 Å². The Kier molecular flexibility index (Phi) is 6.46. The summed E-state index contributed by atoms with van der Waals surface area (Å²) in [6.45, 7) is 4.32. The molecule has 2 aromatic rings. The molecular formula is C16H16Cl2N2O2S2. The molecule has 0 aliphatic carbocycles. The van der Waals surface area contributed by atoms with Crippen LogP contribution in [0.4, 0.5) is 5.00 Å². The van der Waals surface area contributed by atoms with Gasteiger partial charge in [-0.2, -0.15) is 0 Å². The highest BCUT2D eigenvalue weighted by molar-refractivity contribution is 7.80. The Labute approximate surface area is 160 Å². The van der Waals surface area contributed by atoms with E-state index in [1.807, 2.05) is 19.9 Å². The van der Waals surface area contributed by atoms with E-state index in [9.17, 15) is 4.79 Å². The van der Waals surface area contributed by atoms with E-state index in [1.54, 1.807) is 12.1 Å². The molecule has 0 saturated heterocycles. The van der Waals surface area contributed by atoms with Crippen molar-refractivity contribution < 1.29 is 9.53 Å². The average Bonchev–Trinajstić information content (AvgIpc) is 2.82. The van der Waals surface area contributed by atoms with Crippen molar-refractivity contribution >= 4 is 62.8 Å². The Bertz CT molecular complexity index is 791. The lowest BCUT2D eigenvalue weighted by atomic mass is 10.1. The van der Waals surface area contributed by atoms with Crippen molar-refractivity contribution in [1.82, 2.24) is 5.32 Å². The van der Waals surface area contributed by atoms with Gasteiger partial charge in [-0.3, -0.25) is 0 Å². The molecule has 2 rings (SSSR count). The number of rotatable bonds is 4. The Morgan fingerprint density at radius 1 is 1.29 bits per heavy atom. The number of anilines is 1. The number of ether oxygens (including phenoxy) is 1. The molecule has 1 aromatic heterocycles. The molecule has 0 fully saturated rings. The molecule has 0 bridgehead atoms. The number of thiophene rings is 1. The second kappa shape index (κ2) is 8.16. The molecule has 0 aliphatic heterocycles. The van der Waals surface area contributed by atoms with Gasteiger partial charge < -0.3 is 15.4 Å². The highest BCUT2D eigenvalue weighted by Gasteiger charge is 2.20. The molecule has 4 nitrogen and oxygen atoms in total. The third kappa shape index (κ3) is 4.39. The van der Waals surface area contributed by atoms with Crippen LogP contribution >= 0.6 is 46.8 Å². The molecule has 0 radical (unpaired) electrons. The van der Waals surface area contributed by atoms with E-state index in [-0.39, 0.29) is 5.97 Å². The predicted molar refractivity (Wildman–Crippen MR) is 105 cm³/mol. The van der Waals surface area contributed by atoms with Gasteiger partial charge in [-0.15, -0.1) is 11.3 Å². The molecule has 0 saturated carbocycles. The van der Waals surface area contributed by atoms with Gasteiger partial charge in [0.25, 0.3) is 0 Å². The van der Waals surface area contributed by atoms with Gasteiger partial charge in [-0.1, -0.05) is 29.3 Å². The number of methoxy groups -OCH3 is 1. The maximum absolute atomic E-state index is 12.0. The summed E-state index contributed by atoms with van der Waals surface area (Å²) in [4.78, 5) is 13.0. The van der Waals surface area contributed by atoms with Gasteiger partial charge in [0.1, 0.15) is 5.00 Å². The van der Waals surface area contributed by atoms with Crippen LogP contribution in [0.3, 0.4) is 0 Å². The largest absolute Gasteiger partial charge is 0.465 e. The summed E-state index contributed by atoms with van der Waals surface area (Å²) in [6.07, 6.45) is 0. The highest BCUT2D eigenvalue weighted by Crippen LogP contribution is 2.32. The molecule has 0 spiro atoms. The molecule has 0 amide bonds. The van der Waals surface area contributed by atoms with Crippen LogP contribution in [-0.4, -0.2) is 18.2 Å². The standard InChI is InChI=1S/C16H16Cl2N2O2S2/c1-8-9(2)24-14(13(8)15(21)22-3)20-16(23)19-7-10-4-5-11(17)12(18)6-10/h4-6H,7H2,1-3H3,(H2,19,20,23). The highest BCUT2D eigenvalue weighted by atomic mass is 35.5. The molecule has 24 heavy (non-hydrogen) atoms. The third-order valence-electron chi connectivity index (χ3n) is 3.44. The second-order valence-corrected chi connectivity index (χ2v) is 7.48. The number of carbonyl (C=O) groups excluding carboxylic acids is 1. The lowest BCUT2D eigenvalue weighted by Crippen LogP contribution is -2.28. The zero-order chi connectivity index (χ0) is 17.9. The van der Waals surface area contributed by atoms with Crippen molar-refractivity contribution in [1.29, 1.82) is 0 Å². The van der Waals surface area contributed by atoms with Crippen molar-refractivity contribution in [2.45, 2.75) is 20.4 Å². The van der Waals surface area contributed by atoms with E-state index in [0.29, 0.717) is 32.3 Å². The fraction of sp³-hybridized carbons (Fsp3) is 0.250. The Morgan fingerprint density at radius 3 is 2.62 bits per heavy atom. The van der Waals surface area contributed by atoms with Crippen molar-refractivity contribution in [2.24, 2.45) is 0 Å². The van der Waals surface area contributed by atoms with Gasteiger partial charge in [0.2, 0.25) is 0 Å². The van der Waals surface area contributed by atoms with Crippen LogP contribution in [0.5, 0.6) is 0 Å². The number of thiocarbonyl (C=S) groups is 1. The molecule has 8 heteroatoms. The van der Waals surface area contributed by atoms with Crippen molar-refractivity contribution in [3.63, 3.8) is 0 Å². The molecule has 0 aliphatic rings. The van der Waals surface area contributed by atoms with Crippen molar-refractivity contribution in [2.75, 3.05) is 12.4 Å². The minimum atomic E-state index is -0.383. The van der Waals surface area contributed by atoms with Gasteiger partial charge in [0.05, 0.1) is 22.7 Å². The maximum Gasteiger partial charge on any atom is 0.341 e. The van der Waals surface area contributed by atoms with Crippen molar-refractivity contribution in [3.05, 3.63) is 49.8 Å². The Balaban J connectivity index is 2.06. The predicted octanol–water partition coefficient (Wildman–Crippen LogP) is 4.94. The summed E-state index contributed by atoms with van der Waals surface area (Å²) in [6, 6.07) is 5.38. The smallest absolute Gasteiger partial charge is 0.341 e. The van der Waals surface area contributed by atoms with E-state index < -0.39 is 0 Å². The van der Waals surface area contributed by atoms with Gasteiger partial charge in [0, 0.05) is 11.4 Å². The van der Waals surface area contributed by atoms with E-state index in [0.717, 1.165) is 16.0 Å². The quantitative estimate of drug-likeness (QED) is 0.559. The fourth-order valence-electron chi connectivity index (χ4n) is 2.04. The SMILES string of the molecule is COC(=O)c1c(NC(=S)NCc2ccc(Cl)c(Cl)c2)sc(C)c1C. The monoisotopic (exact) mass is 402 g/mol. The van der Waals surface area contributed by atoms with Crippen LogP contribution < -0.4 is 10.6 Å². The molecule has 0 atom stereocenters. The van der Waals surface area contributed by atoms with Gasteiger partial charge in [-0.25, -0.2) is 4.79 Å². The van der Waals surface area contributed by atoms with E-state index in [2.05, 4.69) is 10.6 Å². The summed E-state index contributed by atoms with van der Waals surface area (Å²) in [7, 11) is 1.36. The van der Waals surface area contributed by atoms with Crippen LogP contribution in [0.2, 0.25) is 10.0 Å². The Hall–Kier alpha value is -1.34. The molecule has 1 aromatic carbocycles. The first-order valence-electron chi connectivity index (χ1n) is 7.00. The number of hydrogen-bond donors (Lipinski definition) is 2. The number of nitrogens with one attached hydrogen (secondary N) is 2. The Morgan fingerprint density at radius 2 is 2.00 bits per heavy atom. The van der Waals surface area contributed by atoms with Crippen LogP contribution in [-0.2, 0) is 11.3 Å². The number of esters is 1. The molecule has 0 unspecified atom stereocenters. The van der Waals surface area contributed by atoms with Crippen LogP contribution in [0, 0.1) is 13.8 Å². The normalized spacial score (nSPS) is 10.4. The molecule has 1 heterocycles. The van der Waals surface area contributed by atoms with Crippen LogP contribution in [0.1, 0.15) is 26.4 Å². The topological polar surface area (TPSA) is 50.4 Å². The maximum atomic E-state index is 12.0. The van der Waals surface area contributed by atoms with Crippen molar-refractivity contribution in [3.8, 4) is 0 Å². The van der Waals surface area contributed by atoms with Crippen LogP contribution in [0.15, 0.2) is 18.2 Å². The second-order valence-electron chi connectivity index (χ2n) is 5.04. The lowest BCUT2D eigenvalue weighted by Gasteiger charge is -2.11. The van der Waals surface area contributed by atoms with Gasteiger partial charge >= 0.3 is 5.97 Å². The summed E-state index contributed by atoms with van der Waals surface area (Å²) < 4.78 is 4.84. The van der Waals surface area contributed by atoms with E-state index in [4.69, 9.17) is 40.2 Å². The van der Waals surface area contributed by atoms with Gasteiger partial charge in [0.15, 0.2) is 5.11 Å². The van der Waals surface area contributed by atoms with Gasteiger partial charge in [-0.05, 0) is 49.3 Å². The fourth-order valence-corrected chi connectivity index (χ4v) is 3.65. The zero-order valence-corrected chi connectivity index (χ0v) is 16.5. The number of aryl methyl sites for hydroxylation is 1. The first-order valence-corrected chi connectivity index (χ1v) is 8.98. The zero-order valence-electron chi connectivity index (χ0n) is 13.3. The minimum Gasteiger partial charge on any atom is -0.465 e. The number of hydrogen-bond acceptors (Lipinski definition) is 4.